The first-order chi connectivity index (χ1) is 46.3. The molecule has 5 heterocycles. The number of hydrogen-bond acceptors (Lipinski definition) is 11. The minimum atomic E-state index is -0.759. The molecule has 0 unspecified atom stereocenters. The zero-order valence-corrected chi connectivity index (χ0v) is 55.5. The van der Waals surface area contributed by atoms with Crippen molar-refractivity contribution >= 4 is 111 Å². The second-order valence-electron chi connectivity index (χ2n) is 24.8. The number of nitriles is 4. The summed E-state index contributed by atoms with van der Waals surface area (Å²) < 4.78 is 3.57. The molecule has 17 rings (SSSR count). The molecule has 4 aliphatic carbocycles. The van der Waals surface area contributed by atoms with Gasteiger partial charge < -0.3 is 0 Å². The fraction of sp³-hybridized carbons (Fsp3) is 0.0714. The lowest BCUT2D eigenvalue weighted by atomic mass is 9.65. The molecule has 0 bridgehead atoms. The molecule has 11 heteroatoms. The Morgan fingerprint density at radius 1 is 0.368 bits per heavy atom. The molecule has 0 amide bonds. The molecule has 95 heavy (non-hydrogen) atoms. The summed E-state index contributed by atoms with van der Waals surface area (Å²) in [5.74, 6) is -0.396. The van der Waals surface area contributed by atoms with E-state index in [1.807, 2.05) is 77.3 Å². The highest BCUT2D eigenvalue weighted by molar-refractivity contribution is 7.33. The molecule has 0 radical (unpaired) electrons. The normalized spacial score (nSPS) is 15.1. The van der Waals surface area contributed by atoms with Crippen LogP contribution in [-0.4, -0.2) is 11.6 Å². The number of fused-ring (bicyclic) bond motifs is 11. The van der Waals surface area contributed by atoms with Crippen LogP contribution in [0.15, 0.2) is 229 Å². The molecule has 0 aliphatic heterocycles. The summed E-state index contributed by atoms with van der Waals surface area (Å²) in [6, 6.07) is 82.2. The molecule has 13 aromatic rings. The summed E-state index contributed by atoms with van der Waals surface area (Å²) in [5, 5.41) is 41.4. The zero-order chi connectivity index (χ0) is 64.8. The van der Waals surface area contributed by atoms with E-state index in [9.17, 15) is 30.6 Å². The van der Waals surface area contributed by atoms with E-state index in [1.165, 1.54) is 97.7 Å². The van der Waals surface area contributed by atoms with Crippen LogP contribution in [0.25, 0.3) is 83.9 Å². The van der Waals surface area contributed by atoms with Crippen molar-refractivity contribution in [3.05, 3.63) is 327 Å². The third-order valence-corrected chi connectivity index (χ3v) is 25.4. The Bertz CT molecular complexity index is 5780. The number of aryl methyl sites for hydroxylation is 4. The quantitative estimate of drug-likeness (QED) is 0.110. The highest BCUT2D eigenvalue weighted by Gasteiger charge is 2.53. The van der Waals surface area contributed by atoms with Crippen molar-refractivity contribution in [2.45, 2.75) is 38.5 Å². The van der Waals surface area contributed by atoms with Gasteiger partial charge >= 0.3 is 0 Å². The van der Waals surface area contributed by atoms with Crippen molar-refractivity contribution in [1.29, 1.82) is 21.0 Å². The van der Waals surface area contributed by atoms with Crippen LogP contribution in [0.1, 0.15) is 108 Å². The van der Waals surface area contributed by atoms with E-state index in [-0.39, 0.29) is 22.7 Å². The standard InChI is InChI=1S/C84H48N4O2S5/c1-45-13-21-52(22-14-45)83(53-23-15-46(2)16-24-53)67-38-64-68(37-63(67)62-33-49-34-73(93-72(49)39-69(62)83)70-31-29-56(91-70)35-65-76(50(41-85)42-86)58-9-5-7-11-60(58)79(65)89)84(54-25-17-47(3)18-26-54,55-27-19-48(4)20-28-55)78-81(64)95-75-40-74(94-82(75)78)71-32-30-57(92-71)36-66-77(51(43-87)44-88)59-10-6-8-12-61(59)80(66)90/h5-40H,1-4H3. The maximum Gasteiger partial charge on any atom is 0.194 e. The number of benzene rings is 8. The topological polar surface area (TPSA) is 129 Å². The molecule has 0 spiro atoms. The second kappa shape index (κ2) is 21.8. The van der Waals surface area contributed by atoms with Crippen LogP contribution in [0.5, 0.6) is 0 Å². The van der Waals surface area contributed by atoms with Gasteiger partial charge in [0.05, 0.1) is 15.5 Å². The largest absolute Gasteiger partial charge is 0.289 e. The Kier molecular flexibility index (Phi) is 13.3. The van der Waals surface area contributed by atoms with Gasteiger partial charge in [-0.05, 0) is 173 Å². The highest BCUT2D eigenvalue weighted by Crippen LogP contribution is 2.67. The average molecular weight is 1310 g/mol. The summed E-state index contributed by atoms with van der Waals surface area (Å²) in [6.45, 7) is 8.61. The van der Waals surface area contributed by atoms with E-state index >= 15 is 0 Å². The number of carbonyl (C=O) groups is 2. The Balaban J connectivity index is 0.870. The maximum atomic E-state index is 14.0. The Hall–Kier alpha value is -11.0. The molecule has 6 nitrogen and oxygen atoms in total. The molecule has 0 fully saturated rings. The van der Waals surface area contributed by atoms with Gasteiger partial charge in [0.25, 0.3) is 0 Å². The Morgan fingerprint density at radius 3 is 1.25 bits per heavy atom. The molecule has 0 saturated carbocycles. The number of carbonyl (C=O) groups excluding carboxylic acids is 2. The van der Waals surface area contributed by atoms with E-state index < -0.39 is 10.8 Å². The van der Waals surface area contributed by atoms with Crippen molar-refractivity contribution in [3.63, 3.8) is 0 Å². The van der Waals surface area contributed by atoms with Crippen LogP contribution in [0.3, 0.4) is 0 Å². The third kappa shape index (κ3) is 8.52. The highest BCUT2D eigenvalue weighted by atomic mass is 32.1. The maximum absolute atomic E-state index is 14.0. The van der Waals surface area contributed by atoms with E-state index in [0.29, 0.717) is 44.5 Å². The minimum absolute atomic E-state index is 0.0825. The zero-order valence-electron chi connectivity index (χ0n) is 51.4. The Morgan fingerprint density at radius 2 is 0.779 bits per heavy atom. The van der Waals surface area contributed by atoms with E-state index in [1.54, 1.807) is 52.2 Å². The van der Waals surface area contributed by atoms with Crippen molar-refractivity contribution < 1.29 is 9.59 Å². The predicted molar refractivity (Wildman–Crippen MR) is 389 cm³/mol. The van der Waals surface area contributed by atoms with Crippen molar-refractivity contribution in [1.82, 2.24) is 0 Å². The molecule has 5 aromatic heterocycles. The van der Waals surface area contributed by atoms with Gasteiger partial charge in [-0.1, -0.05) is 168 Å². The van der Waals surface area contributed by atoms with E-state index in [2.05, 4.69) is 198 Å². The first-order valence-electron chi connectivity index (χ1n) is 31.0. The fourth-order valence-electron chi connectivity index (χ4n) is 15.1. The molecular weight excluding hydrogens is 1260 g/mol. The van der Waals surface area contributed by atoms with Gasteiger partial charge in [0.2, 0.25) is 0 Å². The first kappa shape index (κ1) is 57.9. The molecule has 0 atom stereocenters. The monoisotopic (exact) mass is 1300 g/mol. The van der Waals surface area contributed by atoms with Gasteiger partial charge in [-0.15, -0.1) is 56.7 Å². The number of thiophene rings is 5. The summed E-state index contributed by atoms with van der Waals surface area (Å²) in [4.78, 5) is 35.3. The Labute approximate surface area is 568 Å². The van der Waals surface area contributed by atoms with Crippen molar-refractivity contribution in [2.24, 2.45) is 0 Å². The van der Waals surface area contributed by atoms with Crippen LogP contribution in [-0.2, 0) is 10.8 Å². The molecule has 0 saturated heterocycles. The van der Waals surface area contributed by atoms with Gasteiger partial charge in [-0.3, -0.25) is 9.59 Å². The van der Waals surface area contributed by atoms with Crippen LogP contribution >= 0.6 is 56.7 Å². The molecular formula is C84H48N4O2S5. The number of allylic oxidation sites excluding steroid dienone is 6. The third-order valence-electron chi connectivity index (χ3n) is 19.4. The van der Waals surface area contributed by atoms with Crippen LogP contribution in [0.2, 0.25) is 0 Å². The molecule has 4 aliphatic rings. The lowest BCUT2D eigenvalue weighted by molar-refractivity contribution is 0.103. The molecule has 0 N–H and O–H groups in total. The number of hydrogen-bond donors (Lipinski definition) is 0. The molecule has 446 valence electrons. The van der Waals surface area contributed by atoms with Crippen LogP contribution in [0, 0.1) is 73.0 Å². The van der Waals surface area contributed by atoms with Gasteiger partial charge in [0, 0.05) is 82.5 Å². The number of ketones is 2. The fourth-order valence-corrected chi connectivity index (χ4v) is 21.0. The second-order valence-corrected chi connectivity index (χ2v) is 30.2. The summed E-state index contributed by atoms with van der Waals surface area (Å²) in [7, 11) is 0. The lowest BCUT2D eigenvalue weighted by Gasteiger charge is -2.35. The summed E-state index contributed by atoms with van der Waals surface area (Å²) >= 11 is 8.62. The average Bonchev–Trinajstić information content (AvgIpc) is 1.50. The molecule has 8 aromatic carbocycles. The number of nitrogens with zero attached hydrogens (tertiary/aromatic N) is 4. The van der Waals surface area contributed by atoms with Crippen LogP contribution < -0.4 is 0 Å². The summed E-state index contributed by atoms with van der Waals surface area (Å²) in [6.07, 6.45) is 3.68. The summed E-state index contributed by atoms with van der Waals surface area (Å²) in [5.41, 5.74) is 19.9. The lowest BCUT2D eigenvalue weighted by Crippen LogP contribution is -2.30. The van der Waals surface area contributed by atoms with E-state index in [0.717, 1.165) is 39.3 Å². The van der Waals surface area contributed by atoms with Crippen molar-refractivity contribution in [3.8, 4) is 65.4 Å². The van der Waals surface area contributed by atoms with E-state index in [4.69, 9.17) is 0 Å². The smallest absolute Gasteiger partial charge is 0.194 e. The van der Waals surface area contributed by atoms with Gasteiger partial charge in [0.1, 0.15) is 35.4 Å². The predicted octanol–water partition coefficient (Wildman–Crippen LogP) is 21.8. The minimum Gasteiger partial charge on any atom is -0.289 e. The SMILES string of the molecule is Cc1ccc(C2(c3ccc(C)cc3)c3cc4c(cc3-c3cc5cc(-c6ccc(C=C7C(=O)c8ccccc8C7=C(C#N)C#N)s6)sc5cc32)C(c2ccc(C)cc2)(c2ccc(C)cc2)c2c-4sc3cc(-c4ccc(C=C5C(=O)c6ccccc6C5=C(C#N)C#N)s4)sc23)cc1. The first-order valence-corrected chi connectivity index (χ1v) is 35.1. The number of rotatable bonds is 8. The van der Waals surface area contributed by atoms with Gasteiger partial charge in [-0.2, -0.15) is 21.0 Å². The van der Waals surface area contributed by atoms with Gasteiger partial charge in [0.15, 0.2) is 11.6 Å². The van der Waals surface area contributed by atoms with Crippen LogP contribution in [0.4, 0.5) is 0 Å². The number of Topliss-reactive ketones (excluding diaryl/α,β-unsaturated/α-hetero) is 2. The van der Waals surface area contributed by atoms with Crippen molar-refractivity contribution in [2.75, 3.05) is 0 Å². The van der Waals surface area contributed by atoms with Gasteiger partial charge in [-0.25, -0.2) is 0 Å².